The molecule has 1 N–H and O–H groups in total. The molecule has 0 spiro atoms. The highest BCUT2D eigenvalue weighted by atomic mass is 35.6. The van der Waals surface area contributed by atoms with Gasteiger partial charge in [-0.2, -0.15) is 0 Å². The minimum absolute atomic E-state index is 0.527. The molecule has 2 rings (SSSR count). The largest absolute Gasteiger partial charge is 0.463 e. The van der Waals surface area contributed by atoms with E-state index in [4.69, 9.17) is 87.6 Å². The summed E-state index contributed by atoms with van der Waals surface area (Å²) in [6.45, 7) is 5.19. The number of alkyl halides is 3. The number of hydrogen-bond acceptors (Lipinski definition) is 17. The molecule has 2 aliphatic heterocycles. The summed E-state index contributed by atoms with van der Waals surface area (Å²) in [6, 6.07) is 0. The lowest BCUT2D eigenvalue weighted by Gasteiger charge is -2.46. The zero-order valence-electron chi connectivity index (χ0n) is 24.8. The molecule has 9 atom stereocenters. The fraction of sp³-hybridized carbons (Fsp3) is 0.720. The van der Waals surface area contributed by atoms with Gasteiger partial charge in [0.15, 0.2) is 30.7 Å². The van der Waals surface area contributed by atoms with Crippen molar-refractivity contribution in [3.8, 4) is 0 Å². The maximum absolute atomic E-state index is 12.1. The summed E-state index contributed by atoms with van der Waals surface area (Å²) in [5.41, 5.74) is 0. The Balaban J connectivity index is 2.56. The Bertz CT molecular complexity index is 1150. The molecular formula is C25H32Cl3NO16. The highest BCUT2D eigenvalue weighted by Gasteiger charge is 2.56. The van der Waals surface area contributed by atoms with Crippen molar-refractivity contribution in [2.45, 2.75) is 101 Å². The van der Waals surface area contributed by atoms with E-state index in [9.17, 15) is 28.8 Å². The van der Waals surface area contributed by atoms with Crippen LogP contribution in [0.25, 0.3) is 0 Å². The summed E-state index contributed by atoms with van der Waals surface area (Å²) in [5, 5.41) is 7.88. The topological polar surface area (TPSA) is 219 Å². The minimum Gasteiger partial charge on any atom is -0.463 e. The number of ether oxygens (including phenoxy) is 10. The van der Waals surface area contributed by atoms with Gasteiger partial charge in [0.1, 0.15) is 18.8 Å². The van der Waals surface area contributed by atoms with Gasteiger partial charge in [-0.05, 0) is 0 Å². The van der Waals surface area contributed by atoms with Crippen LogP contribution < -0.4 is 0 Å². The van der Waals surface area contributed by atoms with Crippen LogP contribution in [0, 0.1) is 5.41 Å². The van der Waals surface area contributed by atoms with Crippen molar-refractivity contribution in [3.05, 3.63) is 0 Å². The smallest absolute Gasteiger partial charge is 0.303 e. The van der Waals surface area contributed by atoms with Crippen molar-refractivity contribution in [2.24, 2.45) is 0 Å². The Morgan fingerprint density at radius 2 is 1.09 bits per heavy atom. The van der Waals surface area contributed by atoms with E-state index >= 15 is 0 Å². The van der Waals surface area contributed by atoms with Crippen molar-refractivity contribution in [2.75, 3.05) is 13.2 Å². The predicted molar refractivity (Wildman–Crippen MR) is 147 cm³/mol. The predicted octanol–water partition coefficient (Wildman–Crippen LogP) is 1.04. The molecule has 0 aliphatic carbocycles. The van der Waals surface area contributed by atoms with Crippen molar-refractivity contribution in [3.63, 3.8) is 0 Å². The third kappa shape index (κ3) is 11.7. The second-order valence-electron chi connectivity index (χ2n) is 9.54. The van der Waals surface area contributed by atoms with Gasteiger partial charge < -0.3 is 47.4 Å². The molecule has 0 aromatic carbocycles. The van der Waals surface area contributed by atoms with Crippen molar-refractivity contribution >= 4 is 76.5 Å². The van der Waals surface area contributed by atoms with Gasteiger partial charge in [-0.3, -0.25) is 34.2 Å². The minimum atomic E-state index is -2.34. The van der Waals surface area contributed by atoms with Gasteiger partial charge in [0.2, 0.25) is 18.3 Å². The number of esters is 6. The average Bonchev–Trinajstić information content (AvgIpc) is 2.87. The normalized spacial score (nSPS) is 29.8. The number of nitrogens with one attached hydrogen (secondary N) is 1. The Morgan fingerprint density at radius 3 is 1.56 bits per heavy atom. The second-order valence-corrected chi connectivity index (χ2v) is 11.8. The standard InChI is InChI=1S/C25H32Cl3NO16/c1-9(30)36-7-15-17(38-10(2)31)19(40-12(4)33)21(42-14(6)35)23(43-15)44-16-8-37-22(45-24(29)25(26,27)28)20(41-13(5)34)18(16)39-11(3)32/h15-23,29H,7-8H2,1-6H3/t15-,16-,17-,18+,19+,20-,21-,22-,23+/m1/s1. The maximum Gasteiger partial charge on any atom is 0.303 e. The molecule has 0 aromatic heterocycles. The summed E-state index contributed by atoms with van der Waals surface area (Å²) >= 11 is 17.1. The van der Waals surface area contributed by atoms with Gasteiger partial charge in [-0.1, -0.05) is 34.8 Å². The third-order valence-electron chi connectivity index (χ3n) is 5.74. The highest BCUT2D eigenvalue weighted by molar-refractivity contribution is 6.76. The van der Waals surface area contributed by atoms with Crippen LogP contribution in [0.3, 0.4) is 0 Å². The van der Waals surface area contributed by atoms with Crippen LogP contribution in [0.2, 0.25) is 0 Å². The number of hydrogen-bond donors (Lipinski definition) is 1. The zero-order valence-corrected chi connectivity index (χ0v) is 27.0. The van der Waals surface area contributed by atoms with E-state index < -0.39 is 114 Å². The first-order valence-corrected chi connectivity index (χ1v) is 14.2. The molecule has 0 unspecified atom stereocenters. The molecule has 0 amide bonds. The van der Waals surface area contributed by atoms with Gasteiger partial charge in [-0.25, -0.2) is 0 Å². The molecule has 2 fully saturated rings. The molecule has 2 aliphatic rings. The van der Waals surface area contributed by atoms with Gasteiger partial charge >= 0.3 is 35.8 Å². The van der Waals surface area contributed by atoms with E-state index in [2.05, 4.69) is 0 Å². The average molecular weight is 709 g/mol. The van der Waals surface area contributed by atoms with Crippen molar-refractivity contribution in [1.82, 2.24) is 0 Å². The first-order valence-electron chi connectivity index (χ1n) is 13.0. The zero-order chi connectivity index (χ0) is 34.2. The lowest BCUT2D eigenvalue weighted by molar-refractivity contribution is -0.342. The number of halogens is 3. The van der Waals surface area contributed by atoms with Crippen LogP contribution in [-0.2, 0) is 76.1 Å². The number of rotatable bonds is 10. The SMILES string of the molecule is CC(=O)OC[C@H]1O[C@@H](O[C@@H]2CO[C@H](OC(=N)C(Cl)(Cl)Cl)[C@H](OC(C)=O)[C@H]2OC(C)=O)[C@H](OC(C)=O)[C@@H](OC(C)=O)[C@@H]1OC(C)=O. The van der Waals surface area contributed by atoms with E-state index in [1.807, 2.05) is 0 Å². The molecule has 17 nitrogen and oxygen atoms in total. The molecule has 0 bridgehead atoms. The van der Waals surface area contributed by atoms with Crippen molar-refractivity contribution in [1.29, 1.82) is 5.41 Å². The molecule has 45 heavy (non-hydrogen) atoms. The Labute approximate surface area is 271 Å². The summed E-state index contributed by atoms with van der Waals surface area (Å²) < 4.78 is 52.2. The van der Waals surface area contributed by atoms with E-state index in [1.54, 1.807) is 0 Å². The Kier molecular flexibility index (Phi) is 14.1. The first kappa shape index (κ1) is 38.2. The molecule has 2 heterocycles. The fourth-order valence-corrected chi connectivity index (χ4v) is 4.40. The van der Waals surface area contributed by atoms with E-state index in [1.165, 1.54) is 0 Å². The van der Waals surface area contributed by atoms with Crippen LogP contribution in [0.15, 0.2) is 0 Å². The van der Waals surface area contributed by atoms with Crippen LogP contribution in [0.1, 0.15) is 41.5 Å². The molecule has 20 heteroatoms. The van der Waals surface area contributed by atoms with Crippen LogP contribution in [-0.4, -0.2) is 114 Å². The summed E-state index contributed by atoms with van der Waals surface area (Å²) in [6.07, 6.45) is -14.0. The lowest BCUT2D eigenvalue weighted by Crippen LogP contribution is -2.65. The summed E-state index contributed by atoms with van der Waals surface area (Å²) in [7, 11) is 0. The highest BCUT2D eigenvalue weighted by Crippen LogP contribution is 2.35. The molecule has 254 valence electrons. The molecule has 0 radical (unpaired) electrons. The van der Waals surface area contributed by atoms with Gasteiger partial charge in [-0.15, -0.1) is 0 Å². The quantitative estimate of drug-likeness (QED) is 0.110. The Morgan fingerprint density at radius 1 is 0.644 bits per heavy atom. The van der Waals surface area contributed by atoms with Crippen molar-refractivity contribution < 1.29 is 76.1 Å². The van der Waals surface area contributed by atoms with E-state index in [0.717, 1.165) is 41.5 Å². The summed E-state index contributed by atoms with van der Waals surface area (Å²) in [4.78, 5) is 72.0. The third-order valence-corrected chi connectivity index (χ3v) is 6.25. The molecular weight excluding hydrogens is 677 g/mol. The van der Waals surface area contributed by atoms with Gasteiger partial charge in [0.05, 0.1) is 6.61 Å². The van der Waals surface area contributed by atoms with Gasteiger partial charge in [0.25, 0.3) is 3.79 Å². The molecule has 0 saturated carbocycles. The number of carbonyl (C=O) groups excluding carboxylic acids is 6. The second kappa shape index (κ2) is 16.6. The maximum atomic E-state index is 12.1. The van der Waals surface area contributed by atoms with Crippen LogP contribution >= 0.6 is 34.8 Å². The van der Waals surface area contributed by atoms with E-state index in [0.29, 0.717) is 0 Å². The van der Waals surface area contributed by atoms with Gasteiger partial charge in [0, 0.05) is 41.5 Å². The monoisotopic (exact) mass is 707 g/mol. The fourth-order valence-electron chi connectivity index (χ4n) is 4.27. The number of carbonyl (C=O) groups is 6. The first-order chi connectivity index (χ1) is 20.8. The molecule has 0 aromatic rings. The molecule has 2 saturated heterocycles. The van der Waals surface area contributed by atoms with Crippen LogP contribution in [0.5, 0.6) is 0 Å². The summed E-state index contributed by atoms with van der Waals surface area (Å²) in [5.74, 6) is -6.08. The Hall–Kier alpha value is -2.96. The van der Waals surface area contributed by atoms with Crippen LogP contribution in [0.4, 0.5) is 0 Å². The lowest BCUT2D eigenvalue weighted by atomic mass is 9.97. The van der Waals surface area contributed by atoms with E-state index in [-0.39, 0.29) is 0 Å².